The molecule has 0 aliphatic heterocycles. The minimum atomic E-state index is 0.541. The van der Waals surface area contributed by atoms with Crippen molar-refractivity contribution in [3.63, 3.8) is 0 Å². The van der Waals surface area contributed by atoms with Crippen LogP contribution in [0.25, 0.3) is 10.2 Å². The predicted molar refractivity (Wildman–Crippen MR) is 91.2 cm³/mol. The second-order valence-electron chi connectivity index (χ2n) is 6.61. The fourth-order valence-electron chi connectivity index (χ4n) is 3.48. The van der Waals surface area contributed by atoms with Gasteiger partial charge in [0.2, 0.25) is 0 Å². The molecule has 0 saturated heterocycles. The van der Waals surface area contributed by atoms with E-state index >= 15 is 0 Å². The van der Waals surface area contributed by atoms with Crippen LogP contribution in [0.3, 0.4) is 0 Å². The van der Waals surface area contributed by atoms with Gasteiger partial charge in [0, 0.05) is 17.8 Å². The molecule has 0 aromatic carbocycles. The molecule has 0 amide bonds. The standard InChI is InChI=1S/C17H25N3S/c1-10(2)12-5-7-13(8-6-12)15-19-16(18-4)14-9-11(3)21-17(14)20-15/h9-10,12-13H,5-8H2,1-4H3,(H,18,19,20). The molecule has 21 heavy (non-hydrogen) atoms. The molecule has 114 valence electrons. The third kappa shape index (κ3) is 2.91. The van der Waals surface area contributed by atoms with E-state index in [1.807, 2.05) is 7.05 Å². The van der Waals surface area contributed by atoms with Gasteiger partial charge in [0.25, 0.3) is 0 Å². The topological polar surface area (TPSA) is 37.8 Å². The van der Waals surface area contributed by atoms with E-state index in [9.17, 15) is 0 Å². The van der Waals surface area contributed by atoms with Crippen molar-refractivity contribution in [3.05, 3.63) is 16.8 Å². The fourth-order valence-corrected chi connectivity index (χ4v) is 4.36. The Bertz CT molecular complexity index is 624. The van der Waals surface area contributed by atoms with E-state index in [1.54, 1.807) is 11.3 Å². The summed E-state index contributed by atoms with van der Waals surface area (Å²) in [7, 11) is 1.95. The Hall–Kier alpha value is -1.16. The molecule has 1 aliphatic rings. The zero-order chi connectivity index (χ0) is 15.0. The van der Waals surface area contributed by atoms with Crippen molar-refractivity contribution < 1.29 is 0 Å². The van der Waals surface area contributed by atoms with Gasteiger partial charge in [-0.1, -0.05) is 13.8 Å². The number of hydrogen-bond donors (Lipinski definition) is 1. The average Bonchev–Trinajstić information content (AvgIpc) is 2.86. The summed E-state index contributed by atoms with van der Waals surface area (Å²) in [6, 6.07) is 2.19. The monoisotopic (exact) mass is 303 g/mol. The first-order valence-electron chi connectivity index (χ1n) is 8.04. The SMILES string of the molecule is CNc1nc(C2CCC(C(C)C)CC2)nc2sc(C)cc12. The average molecular weight is 303 g/mol. The molecule has 1 N–H and O–H groups in total. The Balaban J connectivity index is 1.87. The summed E-state index contributed by atoms with van der Waals surface area (Å²) < 4.78 is 0. The van der Waals surface area contributed by atoms with Crippen LogP contribution in [0.5, 0.6) is 0 Å². The molecule has 4 heteroatoms. The van der Waals surface area contributed by atoms with Gasteiger partial charge in [-0.25, -0.2) is 9.97 Å². The van der Waals surface area contributed by atoms with Crippen LogP contribution in [-0.4, -0.2) is 17.0 Å². The molecule has 1 saturated carbocycles. The maximum absolute atomic E-state index is 4.87. The van der Waals surface area contributed by atoms with Crippen LogP contribution in [0, 0.1) is 18.8 Å². The second kappa shape index (κ2) is 5.91. The highest BCUT2D eigenvalue weighted by Gasteiger charge is 2.26. The number of fused-ring (bicyclic) bond motifs is 1. The van der Waals surface area contributed by atoms with E-state index in [0.717, 1.165) is 28.3 Å². The number of aryl methyl sites for hydroxylation is 1. The summed E-state index contributed by atoms with van der Waals surface area (Å²) in [4.78, 5) is 12.1. The number of nitrogens with zero attached hydrogens (tertiary/aromatic N) is 2. The van der Waals surface area contributed by atoms with Crippen LogP contribution >= 0.6 is 11.3 Å². The molecule has 1 aliphatic carbocycles. The van der Waals surface area contributed by atoms with Crippen molar-refractivity contribution in [2.45, 2.75) is 52.4 Å². The molecule has 2 aromatic rings. The van der Waals surface area contributed by atoms with E-state index in [0.29, 0.717) is 5.92 Å². The highest BCUT2D eigenvalue weighted by molar-refractivity contribution is 7.18. The van der Waals surface area contributed by atoms with Gasteiger partial charge in [-0.05, 0) is 50.5 Å². The number of aromatic nitrogens is 2. The molecule has 2 heterocycles. The third-order valence-corrected chi connectivity index (χ3v) is 5.79. The molecular weight excluding hydrogens is 278 g/mol. The molecule has 2 aromatic heterocycles. The molecule has 0 unspecified atom stereocenters. The smallest absolute Gasteiger partial charge is 0.138 e. The van der Waals surface area contributed by atoms with Crippen molar-refractivity contribution in [3.8, 4) is 0 Å². The fraction of sp³-hybridized carbons (Fsp3) is 0.647. The van der Waals surface area contributed by atoms with Crippen LogP contribution < -0.4 is 5.32 Å². The lowest BCUT2D eigenvalue weighted by Crippen LogP contribution is -2.19. The van der Waals surface area contributed by atoms with E-state index in [1.165, 1.54) is 35.9 Å². The highest BCUT2D eigenvalue weighted by Crippen LogP contribution is 2.39. The summed E-state index contributed by atoms with van der Waals surface area (Å²) in [6.07, 6.45) is 5.12. The van der Waals surface area contributed by atoms with Crippen molar-refractivity contribution in [2.24, 2.45) is 11.8 Å². The molecule has 0 bridgehead atoms. The van der Waals surface area contributed by atoms with Crippen molar-refractivity contribution in [1.82, 2.24) is 9.97 Å². The van der Waals surface area contributed by atoms with Gasteiger partial charge in [-0.15, -0.1) is 11.3 Å². The Morgan fingerprint density at radius 1 is 1.19 bits per heavy atom. The van der Waals surface area contributed by atoms with Crippen LogP contribution in [0.15, 0.2) is 6.07 Å². The molecule has 0 radical (unpaired) electrons. The van der Waals surface area contributed by atoms with Gasteiger partial charge in [0.1, 0.15) is 16.5 Å². The Kier molecular flexibility index (Phi) is 4.16. The number of nitrogens with one attached hydrogen (secondary N) is 1. The Morgan fingerprint density at radius 3 is 2.52 bits per heavy atom. The second-order valence-corrected chi connectivity index (χ2v) is 7.85. The normalized spacial score (nSPS) is 22.9. The lowest BCUT2D eigenvalue weighted by atomic mass is 9.77. The van der Waals surface area contributed by atoms with Crippen molar-refractivity contribution in [2.75, 3.05) is 12.4 Å². The summed E-state index contributed by atoms with van der Waals surface area (Å²) >= 11 is 1.77. The number of thiophene rings is 1. The number of rotatable bonds is 3. The first-order chi connectivity index (χ1) is 10.1. The first kappa shape index (κ1) is 14.8. The Labute approximate surface area is 131 Å². The summed E-state index contributed by atoms with van der Waals surface area (Å²) in [5.74, 6) is 4.28. The lowest BCUT2D eigenvalue weighted by molar-refractivity contribution is 0.255. The molecule has 3 nitrogen and oxygen atoms in total. The quantitative estimate of drug-likeness (QED) is 0.869. The molecule has 0 spiro atoms. The van der Waals surface area contributed by atoms with Gasteiger partial charge >= 0.3 is 0 Å². The lowest BCUT2D eigenvalue weighted by Gasteiger charge is -2.30. The molecule has 1 fully saturated rings. The van der Waals surface area contributed by atoms with Gasteiger partial charge in [0.05, 0.1) is 5.39 Å². The first-order valence-corrected chi connectivity index (χ1v) is 8.86. The molecule has 0 atom stereocenters. The van der Waals surface area contributed by atoms with Gasteiger partial charge < -0.3 is 5.32 Å². The number of anilines is 1. The van der Waals surface area contributed by atoms with E-state index in [2.05, 4.69) is 32.2 Å². The summed E-state index contributed by atoms with van der Waals surface area (Å²) in [6.45, 7) is 6.83. The predicted octanol–water partition coefficient (Wildman–Crippen LogP) is 4.97. The maximum Gasteiger partial charge on any atom is 0.138 e. The van der Waals surface area contributed by atoms with Crippen LogP contribution in [-0.2, 0) is 0 Å². The highest BCUT2D eigenvalue weighted by atomic mass is 32.1. The third-order valence-electron chi connectivity index (χ3n) is 4.85. The van der Waals surface area contributed by atoms with Crippen LogP contribution in [0.4, 0.5) is 5.82 Å². The van der Waals surface area contributed by atoms with Crippen molar-refractivity contribution >= 4 is 27.4 Å². The number of hydrogen-bond acceptors (Lipinski definition) is 4. The van der Waals surface area contributed by atoms with Crippen LogP contribution in [0.1, 0.15) is 56.2 Å². The molecule has 3 rings (SSSR count). The summed E-state index contributed by atoms with van der Waals surface area (Å²) in [5, 5.41) is 4.41. The molecular formula is C17H25N3S. The minimum Gasteiger partial charge on any atom is -0.372 e. The Morgan fingerprint density at radius 2 is 1.90 bits per heavy atom. The maximum atomic E-state index is 4.87. The van der Waals surface area contributed by atoms with E-state index in [4.69, 9.17) is 9.97 Å². The van der Waals surface area contributed by atoms with Gasteiger partial charge in [-0.3, -0.25) is 0 Å². The van der Waals surface area contributed by atoms with E-state index in [-0.39, 0.29) is 0 Å². The van der Waals surface area contributed by atoms with Gasteiger partial charge in [0.15, 0.2) is 0 Å². The zero-order valence-corrected chi connectivity index (χ0v) is 14.3. The van der Waals surface area contributed by atoms with Crippen LogP contribution in [0.2, 0.25) is 0 Å². The summed E-state index contributed by atoms with van der Waals surface area (Å²) in [5.41, 5.74) is 0. The zero-order valence-electron chi connectivity index (χ0n) is 13.4. The van der Waals surface area contributed by atoms with E-state index < -0.39 is 0 Å². The van der Waals surface area contributed by atoms with Gasteiger partial charge in [-0.2, -0.15) is 0 Å². The minimum absolute atomic E-state index is 0.541. The largest absolute Gasteiger partial charge is 0.372 e. The van der Waals surface area contributed by atoms with Crippen molar-refractivity contribution in [1.29, 1.82) is 0 Å².